The van der Waals surface area contributed by atoms with Crippen molar-refractivity contribution >= 4 is 0 Å². The van der Waals surface area contributed by atoms with Crippen LogP contribution in [-0.2, 0) is 17.8 Å². The fourth-order valence-corrected chi connectivity index (χ4v) is 2.31. The average molecular weight is 210 g/mol. The Hall–Kier alpha value is -1.60. The first-order valence-electron chi connectivity index (χ1n) is 5.69. The average Bonchev–Trinajstić information content (AvgIpc) is 2.39. The molecule has 0 saturated carbocycles. The smallest absolute Gasteiger partial charge is 0.0719 e. The van der Waals surface area contributed by atoms with Gasteiger partial charge in [0.1, 0.15) is 0 Å². The third-order valence-electron chi connectivity index (χ3n) is 3.11. The molecule has 16 heavy (non-hydrogen) atoms. The molecule has 0 aromatic heterocycles. The highest BCUT2D eigenvalue weighted by Crippen LogP contribution is 2.29. The molecule has 2 aromatic rings. The van der Waals surface area contributed by atoms with Crippen LogP contribution < -0.4 is 0 Å². The lowest BCUT2D eigenvalue weighted by atomic mass is 9.93. The Bertz CT molecular complexity index is 488. The van der Waals surface area contributed by atoms with Crippen molar-refractivity contribution in [2.75, 3.05) is 6.61 Å². The fourth-order valence-electron chi connectivity index (χ4n) is 2.31. The Morgan fingerprint density at radius 2 is 1.75 bits per heavy atom. The quantitative estimate of drug-likeness (QED) is 0.700. The molecule has 0 saturated heterocycles. The van der Waals surface area contributed by atoms with Crippen LogP contribution in [0.1, 0.15) is 11.1 Å². The van der Waals surface area contributed by atoms with Crippen LogP contribution in [0.3, 0.4) is 0 Å². The van der Waals surface area contributed by atoms with E-state index in [4.69, 9.17) is 4.74 Å². The van der Waals surface area contributed by atoms with Crippen molar-refractivity contribution in [2.24, 2.45) is 0 Å². The molecule has 1 nitrogen and oxygen atoms in total. The highest BCUT2D eigenvalue weighted by molar-refractivity contribution is 5.68. The Morgan fingerprint density at radius 3 is 2.62 bits per heavy atom. The van der Waals surface area contributed by atoms with Crippen LogP contribution in [0, 0.1) is 0 Å². The van der Waals surface area contributed by atoms with Crippen molar-refractivity contribution in [3.05, 3.63) is 59.7 Å². The molecule has 0 atom stereocenters. The molecule has 0 aliphatic carbocycles. The number of ether oxygens (including phenoxy) is 1. The highest BCUT2D eigenvalue weighted by atomic mass is 16.5. The van der Waals surface area contributed by atoms with Crippen LogP contribution in [0.25, 0.3) is 11.1 Å². The minimum atomic E-state index is 0.760. The molecule has 0 fully saturated rings. The van der Waals surface area contributed by atoms with Gasteiger partial charge in [0.15, 0.2) is 0 Å². The maximum atomic E-state index is 5.49. The number of hydrogen-bond donors (Lipinski definition) is 0. The fraction of sp³-hybridized carbons (Fsp3) is 0.200. The van der Waals surface area contributed by atoms with E-state index in [2.05, 4.69) is 48.5 Å². The van der Waals surface area contributed by atoms with Crippen molar-refractivity contribution in [1.82, 2.24) is 0 Å². The second-order valence-corrected chi connectivity index (χ2v) is 4.11. The number of rotatable bonds is 1. The molecular weight excluding hydrogens is 196 g/mol. The minimum Gasteiger partial charge on any atom is -0.376 e. The van der Waals surface area contributed by atoms with Gasteiger partial charge in [0.05, 0.1) is 13.2 Å². The van der Waals surface area contributed by atoms with E-state index in [1.807, 2.05) is 0 Å². The molecule has 1 heteroatoms. The van der Waals surface area contributed by atoms with Gasteiger partial charge in [0.25, 0.3) is 0 Å². The van der Waals surface area contributed by atoms with Gasteiger partial charge in [-0.3, -0.25) is 0 Å². The molecule has 0 N–H and O–H groups in total. The zero-order valence-corrected chi connectivity index (χ0v) is 9.15. The van der Waals surface area contributed by atoms with Crippen molar-refractivity contribution in [2.45, 2.75) is 13.0 Å². The first kappa shape index (κ1) is 9.61. The van der Waals surface area contributed by atoms with E-state index in [9.17, 15) is 0 Å². The SMILES string of the molecule is c1ccc(-c2cccc3c2CCOC3)cc1. The standard InChI is InChI=1S/C15H14O/c1-2-5-12(6-3-1)14-8-4-7-13-11-16-10-9-15(13)14/h1-8H,9-11H2. The first-order valence-corrected chi connectivity index (χ1v) is 5.69. The summed E-state index contributed by atoms with van der Waals surface area (Å²) in [6.07, 6.45) is 1.03. The van der Waals surface area contributed by atoms with Gasteiger partial charge in [-0.05, 0) is 28.7 Å². The summed E-state index contributed by atoms with van der Waals surface area (Å²) in [5, 5.41) is 0. The summed E-state index contributed by atoms with van der Waals surface area (Å²) in [6.45, 7) is 1.60. The summed E-state index contributed by atoms with van der Waals surface area (Å²) in [6, 6.07) is 17.1. The zero-order valence-electron chi connectivity index (χ0n) is 9.15. The van der Waals surface area contributed by atoms with Crippen LogP contribution in [0.5, 0.6) is 0 Å². The molecule has 0 unspecified atom stereocenters. The summed E-state index contributed by atoms with van der Waals surface area (Å²) >= 11 is 0. The largest absolute Gasteiger partial charge is 0.376 e. The van der Waals surface area contributed by atoms with Crippen LogP contribution in [0.4, 0.5) is 0 Å². The maximum absolute atomic E-state index is 5.49. The van der Waals surface area contributed by atoms with Crippen molar-refractivity contribution in [3.63, 3.8) is 0 Å². The summed E-state index contributed by atoms with van der Waals surface area (Å²) in [4.78, 5) is 0. The van der Waals surface area contributed by atoms with Gasteiger partial charge in [0, 0.05) is 0 Å². The van der Waals surface area contributed by atoms with Gasteiger partial charge in [-0.1, -0.05) is 48.5 Å². The molecule has 0 amide bonds. The maximum Gasteiger partial charge on any atom is 0.0719 e. The van der Waals surface area contributed by atoms with Crippen molar-refractivity contribution in [3.8, 4) is 11.1 Å². The van der Waals surface area contributed by atoms with E-state index in [1.165, 1.54) is 22.3 Å². The topological polar surface area (TPSA) is 9.23 Å². The lowest BCUT2D eigenvalue weighted by Gasteiger charge is -2.19. The summed E-state index contributed by atoms with van der Waals surface area (Å²) < 4.78 is 5.49. The molecule has 1 heterocycles. The molecule has 0 bridgehead atoms. The van der Waals surface area contributed by atoms with E-state index in [1.54, 1.807) is 0 Å². The van der Waals surface area contributed by atoms with E-state index in [-0.39, 0.29) is 0 Å². The Kier molecular flexibility index (Phi) is 2.47. The lowest BCUT2D eigenvalue weighted by Crippen LogP contribution is -2.10. The molecule has 1 aliphatic heterocycles. The predicted octanol–water partition coefficient (Wildman–Crippen LogP) is 3.43. The predicted molar refractivity (Wildman–Crippen MR) is 65.2 cm³/mol. The van der Waals surface area contributed by atoms with E-state index < -0.39 is 0 Å². The van der Waals surface area contributed by atoms with E-state index in [0.717, 1.165) is 19.6 Å². The monoisotopic (exact) mass is 210 g/mol. The molecule has 1 aliphatic rings. The van der Waals surface area contributed by atoms with Crippen molar-refractivity contribution < 1.29 is 4.74 Å². The zero-order chi connectivity index (χ0) is 10.8. The molecule has 2 aromatic carbocycles. The normalized spacial score (nSPS) is 14.5. The molecule has 0 radical (unpaired) electrons. The van der Waals surface area contributed by atoms with Crippen LogP contribution >= 0.6 is 0 Å². The van der Waals surface area contributed by atoms with Crippen LogP contribution in [0.15, 0.2) is 48.5 Å². The van der Waals surface area contributed by atoms with Gasteiger partial charge in [-0.2, -0.15) is 0 Å². The molecule has 3 rings (SSSR count). The second-order valence-electron chi connectivity index (χ2n) is 4.11. The van der Waals surface area contributed by atoms with E-state index in [0.29, 0.717) is 0 Å². The van der Waals surface area contributed by atoms with Crippen LogP contribution in [0.2, 0.25) is 0 Å². The minimum absolute atomic E-state index is 0.760. The Labute approximate surface area is 95.7 Å². The molecular formula is C15H14O. The second kappa shape index (κ2) is 4.11. The summed E-state index contributed by atoms with van der Waals surface area (Å²) in [7, 11) is 0. The third kappa shape index (κ3) is 1.63. The van der Waals surface area contributed by atoms with Gasteiger partial charge < -0.3 is 4.74 Å². The Morgan fingerprint density at radius 1 is 0.875 bits per heavy atom. The number of fused-ring (bicyclic) bond motifs is 1. The van der Waals surface area contributed by atoms with Gasteiger partial charge in [-0.15, -0.1) is 0 Å². The molecule has 0 spiro atoms. The number of hydrogen-bond acceptors (Lipinski definition) is 1. The van der Waals surface area contributed by atoms with Gasteiger partial charge in [0.2, 0.25) is 0 Å². The van der Waals surface area contributed by atoms with E-state index >= 15 is 0 Å². The van der Waals surface area contributed by atoms with Gasteiger partial charge in [-0.25, -0.2) is 0 Å². The summed E-state index contributed by atoms with van der Waals surface area (Å²) in [5.74, 6) is 0. The Balaban J connectivity index is 2.14. The van der Waals surface area contributed by atoms with Gasteiger partial charge >= 0.3 is 0 Å². The molecule has 80 valence electrons. The number of benzene rings is 2. The highest BCUT2D eigenvalue weighted by Gasteiger charge is 2.13. The van der Waals surface area contributed by atoms with Crippen LogP contribution in [-0.4, -0.2) is 6.61 Å². The first-order chi connectivity index (χ1) is 7.95. The lowest BCUT2D eigenvalue weighted by molar-refractivity contribution is 0.111. The third-order valence-corrected chi connectivity index (χ3v) is 3.11. The summed E-state index contributed by atoms with van der Waals surface area (Å²) in [5.41, 5.74) is 5.47. The van der Waals surface area contributed by atoms with Crippen molar-refractivity contribution in [1.29, 1.82) is 0 Å².